The fourth-order valence-corrected chi connectivity index (χ4v) is 4.06. The van der Waals surface area contributed by atoms with Gasteiger partial charge in [0.2, 0.25) is 6.41 Å². The molecule has 0 saturated heterocycles. The maximum atomic E-state index is 14.4. The Labute approximate surface area is 184 Å². The van der Waals surface area contributed by atoms with Crippen molar-refractivity contribution in [2.24, 2.45) is 0 Å². The summed E-state index contributed by atoms with van der Waals surface area (Å²) < 4.78 is 20.0. The molecular formula is C22H23ClFN5O2. The molecule has 0 spiro atoms. The first-order valence-electron chi connectivity index (χ1n) is 9.82. The molecule has 3 aromatic rings. The highest BCUT2D eigenvalue weighted by molar-refractivity contribution is 6.31. The molecule has 0 unspecified atom stereocenters. The van der Waals surface area contributed by atoms with E-state index in [1.54, 1.807) is 31.2 Å². The van der Waals surface area contributed by atoms with Crippen molar-refractivity contribution in [1.82, 2.24) is 19.8 Å². The third kappa shape index (κ3) is 3.88. The van der Waals surface area contributed by atoms with Gasteiger partial charge in [-0.15, -0.1) is 0 Å². The molecule has 31 heavy (non-hydrogen) atoms. The Hall–Kier alpha value is -2.97. The summed E-state index contributed by atoms with van der Waals surface area (Å²) in [5.41, 5.74) is 1.52. The van der Waals surface area contributed by atoms with E-state index in [9.17, 15) is 9.18 Å². The van der Waals surface area contributed by atoms with Gasteiger partial charge in [0.05, 0.1) is 29.0 Å². The van der Waals surface area contributed by atoms with Crippen LogP contribution in [0.25, 0.3) is 10.9 Å². The maximum Gasteiger partial charge on any atom is 0.210 e. The first kappa shape index (κ1) is 21.3. The van der Waals surface area contributed by atoms with Crippen molar-refractivity contribution in [2.75, 3.05) is 26.5 Å². The number of aromatic nitrogens is 2. The number of anilines is 2. The lowest BCUT2D eigenvalue weighted by atomic mass is 10.1. The molecule has 162 valence electrons. The molecule has 0 bridgehead atoms. The summed E-state index contributed by atoms with van der Waals surface area (Å²) in [5.74, 6) is 0.600. The number of carbonyl (C=O) groups is 1. The third-order valence-corrected chi connectivity index (χ3v) is 6.16. The predicted molar refractivity (Wildman–Crippen MR) is 118 cm³/mol. The lowest BCUT2D eigenvalue weighted by Crippen LogP contribution is -2.46. The van der Waals surface area contributed by atoms with E-state index in [0.717, 1.165) is 30.2 Å². The number of fused-ring (bicyclic) bond motifs is 1. The summed E-state index contributed by atoms with van der Waals surface area (Å²) in [6.07, 6.45) is 4.10. The second kappa shape index (κ2) is 8.28. The van der Waals surface area contributed by atoms with Crippen LogP contribution in [0.3, 0.4) is 0 Å². The number of carbonyl (C=O) groups excluding carboxylic acids is 1. The lowest BCUT2D eigenvalue weighted by Gasteiger charge is -2.34. The van der Waals surface area contributed by atoms with E-state index >= 15 is 0 Å². The molecular weight excluding hydrogens is 421 g/mol. The predicted octanol–water partition coefficient (Wildman–Crippen LogP) is 4.18. The van der Waals surface area contributed by atoms with Gasteiger partial charge < -0.3 is 15.0 Å². The molecule has 1 heterocycles. The van der Waals surface area contributed by atoms with Gasteiger partial charge in [0.15, 0.2) is 5.82 Å². The number of amides is 1. The van der Waals surface area contributed by atoms with Crippen molar-refractivity contribution < 1.29 is 13.9 Å². The van der Waals surface area contributed by atoms with Gasteiger partial charge in [-0.2, -0.15) is 0 Å². The van der Waals surface area contributed by atoms with E-state index < -0.39 is 5.82 Å². The Morgan fingerprint density at radius 3 is 2.74 bits per heavy atom. The molecule has 7 nitrogen and oxygen atoms in total. The number of hydrogen-bond acceptors (Lipinski definition) is 6. The number of rotatable bonds is 8. The van der Waals surface area contributed by atoms with Crippen LogP contribution in [-0.4, -0.2) is 53.0 Å². The highest BCUT2D eigenvalue weighted by Gasteiger charge is 2.49. The van der Waals surface area contributed by atoms with E-state index in [-0.39, 0.29) is 16.4 Å². The fourth-order valence-electron chi connectivity index (χ4n) is 3.89. The molecule has 1 aromatic heterocycles. The number of benzene rings is 2. The number of halogens is 2. The second-order valence-electron chi connectivity index (χ2n) is 7.68. The quantitative estimate of drug-likeness (QED) is 0.416. The Bertz CT molecular complexity index is 1140. The van der Waals surface area contributed by atoms with Gasteiger partial charge in [0, 0.05) is 30.6 Å². The highest BCUT2D eigenvalue weighted by Crippen LogP contribution is 2.44. The average molecular weight is 444 g/mol. The van der Waals surface area contributed by atoms with Gasteiger partial charge in [0.1, 0.15) is 17.9 Å². The van der Waals surface area contributed by atoms with Crippen molar-refractivity contribution in [3.63, 3.8) is 0 Å². The van der Waals surface area contributed by atoms with E-state index in [1.807, 2.05) is 19.2 Å². The Morgan fingerprint density at radius 2 is 2.06 bits per heavy atom. The first-order valence-corrected chi connectivity index (χ1v) is 10.2. The number of nitrogens with zero attached hydrogens (tertiary/aromatic N) is 4. The topological polar surface area (TPSA) is 70.6 Å². The monoisotopic (exact) mass is 443 g/mol. The molecule has 2 aromatic carbocycles. The van der Waals surface area contributed by atoms with Crippen LogP contribution in [0.15, 0.2) is 36.7 Å². The fraction of sp³-hybridized carbons (Fsp3) is 0.318. The summed E-state index contributed by atoms with van der Waals surface area (Å²) >= 11 is 5.91. The molecule has 0 radical (unpaired) electrons. The number of methoxy groups -OCH3 is 1. The second-order valence-corrected chi connectivity index (χ2v) is 8.09. The Morgan fingerprint density at radius 1 is 1.29 bits per heavy atom. The van der Waals surface area contributed by atoms with Gasteiger partial charge in [-0.3, -0.25) is 9.69 Å². The minimum absolute atomic E-state index is 0.0290. The summed E-state index contributed by atoms with van der Waals surface area (Å²) in [5, 5.41) is 3.78. The van der Waals surface area contributed by atoms with Gasteiger partial charge in [-0.25, -0.2) is 14.4 Å². The van der Waals surface area contributed by atoms with Crippen molar-refractivity contribution in [3.8, 4) is 5.75 Å². The molecule has 0 atom stereocenters. The molecule has 1 fully saturated rings. The molecule has 1 aliphatic rings. The standard InChI is InChI=1S/C22H23ClFN5O2/c1-28(22(7-8-22)29(2)13-30)11-14-9-15-18(10-19(14)31-3)25-12-26-21(15)27-17-6-4-5-16(23)20(17)24/h4-6,9-10,12-13H,7-8,11H2,1-3H3,(H,25,26,27). The maximum absolute atomic E-state index is 14.4. The summed E-state index contributed by atoms with van der Waals surface area (Å²) in [7, 11) is 5.39. The van der Waals surface area contributed by atoms with Crippen LogP contribution in [0.1, 0.15) is 18.4 Å². The molecule has 9 heteroatoms. The zero-order valence-corrected chi connectivity index (χ0v) is 18.3. The van der Waals surface area contributed by atoms with Crippen LogP contribution in [-0.2, 0) is 11.3 Å². The normalized spacial score (nSPS) is 14.5. The van der Waals surface area contributed by atoms with Gasteiger partial charge in [0.25, 0.3) is 0 Å². The van der Waals surface area contributed by atoms with Crippen LogP contribution in [0, 0.1) is 5.82 Å². The molecule has 1 N–H and O–H groups in total. The first-order chi connectivity index (χ1) is 14.9. The van der Waals surface area contributed by atoms with Gasteiger partial charge in [-0.05, 0) is 38.1 Å². The SMILES string of the molecule is COc1cc2ncnc(Nc3cccc(Cl)c3F)c2cc1CN(C)C1(N(C)C=O)CC1. The smallest absolute Gasteiger partial charge is 0.210 e. The largest absolute Gasteiger partial charge is 0.496 e. The number of nitrogens with one attached hydrogen (secondary N) is 1. The number of hydrogen-bond donors (Lipinski definition) is 1. The summed E-state index contributed by atoms with van der Waals surface area (Å²) in [6.45, 7) is 0.553. The molecule has 4 rings (SSSR count). The summed E-state index contributed by atoms with van der Waals surface area (Å²) in [6, 6.07) is 8.52. The van der Waals surface area contributed by atoms with Crippen molar-refractivity contribution >= 4 is 40.4 Å². The van der Waals surface area contributed by atoms with E-state index in [2.05, 4.69) is 20.2 Å². The highest BCUT2D eigenvalue weighted by atomic mass is 35.5. The van der Waals surface area contributed by atoms with E-state index in [4.69, 9.17) is 16.3 Å². The van der Waals surface area contributed by atoms with E-state index in [1.165, 1.54) is 12.4 Å². The van der Waals surface area contributed by atoms with Crippen LogP contribution in [0.4, 0.5) is 15.9 Å². The Balaban J connectivity index is 1.72. The lowest BCUT2D eigenvalue weighted by molar-refractivity contribution is -0.123. The zero-order valence-electron chi connectivity index (χ0n) is 17.5. The molecule has 1 saturated carbocycles. The van der Waals surface area contributed by atoms with Crippen LogP contribution < -0.4 is 10.1 Å². The van der Waals surface area contributed by atoms with Crippen molar-refractivity contribution in [3.05, 3.63) is 53.1 Å². The van der Waals surface area contributed by atoms with E-state index in [0.29, 0.717) is 23.6 Å². The van der Waals surface area contributed by atoms with Crippen molar-refractivity contribution in [1.29, 1.82) is 0 Å². The zero-order chi connectivity index (χ0) is 22.2. The van der Waals surface area contributed by atoms with Crippen LogP contribution in [0.2, 0.25) is 5.02 Å². The van der Waals surface area contributed by atoms with Crippen molar-refractivity contribution in [2.45, 2.75) is 25.0 Å². The average Bonchev–Trinajstić information content (AvgIpc) is 3.58. The minimum Gasteiger partial charge on any atom is -0.496 e. The minimum atomic E-state index is -0.544. The third-order valence-electron chi connectivity index (χ3n) is 5.87. The molecule has 0 aliphatic heterocycles. The summed E-state index contributed by atoms with van der Waals surface area (Å²) in [4.78, 5) is 23.8. The van der Waals surface area contributed by atoms with Crippen LogP contribution >= 0.6 is 11.6 Å². The Kier molecular flexibility index (Phi) is 5.68. The molecule has 1 aliphatic carbocycles. The van der Waals surface area contributed by atoms with Crippen LogP contribution in [0.5, 0.6) is 5.75 Å². The van der Waals surface area contributed by atoms with Gasteiger partial charge >= 0.3 is 0 Å². The van der Waals surface area contributed by atoms with Gasteiger partial charge in [-0.1, -0.05) is 17.7 Å². The molecule has 1 amide bonds. The number of ether oxygens (including phenoxy) is 1.